The van der Waals surface area contributed by atoms with Crippen molar-refractivity contribution in [2.45, 2.75) is 0 Å². The van der Waals surface area contributed by atoms with Crippen LogP contribution in [-0.4, -0.2) is 12.1 Å². The third-order valence-corrected chi connectivity index (χ3v) is 3.42. The Bertz CT molecular complexity index is 908. The number of hydrogen-bond donors (Lipinski definition) is 0. The lowest BCUT2D eigenvalue weighted by Crippen LogP contribution is -1.81. The van der Waals surface area contributed by atoms with Crippen LogP contribution in [0.5, 0.6) is 5.75 Å². The molecule has 92 valence electrons. The van der Waals surface area contributed by atoms with E-state index in [4.69, 9.17) is 9.15 Å². The number of hydrogen-bond acceptors (Lipinski definition) is 3. The third-order valence-electron chi connectivity index (χ3n) is 3.42. The molecule has 0 N–H and O–H groups in total. The van der Waals surface area contributed by atoms with Crippen molar-refractivity contribution < 1.29 is 9.15 Å². The largest absolute Gasteiger partial charge is 0.493 e. The Kier molecular flexibility index (Phi) is 2.03. The second-order valence-corrected chi connectivity index (χ2v) is 4.46. The van der Waals surface area contributed by atoms with Crippen molar-refractivity contribution in [3.63, 3.8) is 0 Å². The summed E-state index contributed by atoms with van der Waals surface area (Å²) in [7, 11) is 1.65. The van der Waals surface area contributed by atoms with Gasteiger partial charge in [0, 0.05) is 22.4 Å². The molecule has 2 heterocycles. The summed E-state index contributed by atoms with van der Waals surface area (Å²) in [6.45, 7) is 0. The molecule has 0 radical (unpaired) electrons. The monoisotopic (exact) mass is 249 g/mol. The molecule has 0 unspecified atom stereocenters. The highest BCUT2D eigenvalue weighted by molar-refractivity contribution is 6.14. The zero-order valence-electron chi connectivity index (χ0n) is 10.4. The fourth-order valence-corrected chi connectivity index (χ4v) is 2.51. The van der Waals surface area contributed by atoms with Gasteiger partial charge in [-0.3, -0.25) is 4.98 Å². The van der Waals surface area contributed by atoms with E-state index in [2.05, 4.69) is 4.98 Å². The first-order chi connectivity index (χ1) is 9.38. The molecule has 0 spiro atoms. The number of rotatable bonds is 1. The molecule has 3 heteroatoms. The minimum atomic E-state index is 0.748. The van der Waals surface area contributed by atoms with Gasteiger partial charge in [-0.2, -0.15) is 0 Å². The molecule has 4 rings (SSSR count). The Morgan fingerprint density at radius 1 is 0.895 bits per heavy atom. The van der Waals surface area contributed by atoms with Crippen LogP contribution in [0.1, 0.15) is 0 Å². The van der Waals surface area contributed by atoms with Crippen molar-refractivity contribution in [1.82, 2.24) is 4.98 Å². The lowest BCUT2D eigenvalue weighted by molar-refractivity contribution is 0.412. The van der Waals surface area contributed by atoms with Crippen LogP contribution >= 0.6 is 0 Å². The Morgan fingerprint density at radius 3 is 2.63 bits per heavy atom. The summed E-state index contributed by atoms with van der Waals surface area (Å²) in [5.41, 5.74) is 2.58. The first-order valence-corrected chi connectivity index (χ1v) is 6.11. The first kappa shape index (κ1) is 10.4. The van der Waals surface area contributed by atoms with Crippen LogP contribution in [0.25, 0.3) is 32.8 Å². The topological polar surface area (TPSA) is 35.3 Å². The van der Waals surface area contributed by atoms with Gasteiger partial charge >= 0.3 is 0 Å². The summed E-state index contributed by atoms with van der Waals surface area (Å²) in [6, 6.07) is 13.9. The summed E-state index contributed by atoms with van der Waals surface area (Å²) in [6.07, 6.45) is 1.86. The number of aromatic nitrogens is 1. The van der Waals surface area contributed by atoms with Gasteiger partial charge in [-0.15, -0.1) is 0 Å². The van der Waals surface area contributed by atoms with E-state index in [1.54, 1.807) is 7.11 Å². The molecule has 19 heavy (non-hydrogen) atoms. The van der Waals surface area contributed by atoms with Crippen molar-refractivity contribution in [2.24, 2.45) is 0 Å². The molecular weight excluding hydrogens is 238 g/mol. The highest BCUT2D eigenvalue weighted by atomic mass is 16.5. The van der Waals surface area contributed by atoms with Gasteiger partial charge in [-0.25, -0.2) is 0 Å². The van der Waals surface area contributed by atoms with Gasteiger partial charge in [0.2, 0.25) is 0 Å². The fourth-order valence-electron chi connectivity index (χ4n) is 2.51. The molecule has 0 fully saturated rings. The minimum Gasteiger partial charge on any atom is -0.493 e. The second kappa shape index (κ2) is 3.72. The molecule has 0 atom stereocenters. The number of fused-ring (bicyclic) bond motifs is 5. The van der Waals surface area contributed by atoms with Crippen molar-refractivity contribution in [1.29, 1.82) is 0 Å². The standard InChI is InChI=1S/C16H11NO2/c1-18-14-8-4-6-10-12-9-17-13-7-3-2-5-11(13)15(12)19-16(10)14/h2-9H,1H3. The van der Waals surface area contributed by atoms with Gasteiger partial charge in [-0.05, 0) is 18.2 Å². The number of furan rings is 1. The van der Waals surface area contributed by atoms with Crippen LogP contribution in [0.3, 0.4) is 0 Å². The van der Waals surface area contributed by atoms with E-state index >= 15 is 0 Å². The predicted octanol–water partition coefficient (Wildman–Crippen LogP) is 4.14. The van der Waals surface area contributed by atoms with Gasteiger partial charge in [0.25, 0.3) is 0 Å². The molecule has 0 saturated carbocycles. The van der Waals surface area contributed by atoms with Crippen LogP contribution in [0.4, 0.5) is 0 Å². The quantitative estimate of drug-likeness (QED) is 0.508. The predicted molar refractivity (Wildman–Crippen MR) is 75.6 cm³/mol. The lowest BCUT2D eigenvalue weighted by Gasteiger charge is -1.98. The molecule has 0 saturated heterocycles. The smallest absolute Gasteiger partial charge is 0.177 e. The second-order valence-electron chi connectivity index (χ2n) is 4.46. The Hall–Kier alpha value is -2.55. The molecule has 2 aromatic heterocycles. The summed E-state index contributed by atoms with van der Waals surface area (Å²) < 4.78 is 11.4. The van der Waals surface area contributed by atoms with E-state index in [9.17, 15) is 0 Å². The molecule has 0 aliphatic carbocycles. The third kappa shape index (κ3) is 1.35. The number of nitrogens with zero attached hydrogens (tertiary/aromatic N) is 1. The van der Waals surface area contributed by atoms with E-state index in [0.29, 0.717) is 0 Å². The number of methoxy groups -OCH3 is 1. The normalized spacial score (nSPS) is 11.4. The maximum Gasteiger partial charge on any atom is 0.177 e. The molecule has 2 aromatic carbocycles. The Labute approximate surface area is 109 Å². The highest BCUT2D eigenvalue weighted by Gasteiger charge is 2.13. The summed E-state index contributed by atoms with van der Waals surface area (Å²) in [4.78, 5) is 4.49. The molecular formula is C16H11NO2. The maximum absolute atomic E-state index is 6.02. The van der Waals surface area contributed by atoms with Gasteiger partial charge in [-0.1, -0.05) is 24.3 Å². The van der Waals surface area contributed by atoms with E-state index in [1.165, 1.54) is 0 Å². The number of para-hydroxylation sites is 2. The van der Waals surface area contributed by atoms with E-state index in [1.807, 2.05) is 48.7 Å². The van der Waals surface area contributed by atoms with Crippen LogP contribution in [0.2, 0.25) is 0 Å². The minimum absolute atomic E-state index is 0.748. The SMILES string of the molecule is COc1cccc2c1oc1c3ccccc3ncc21. The van der Waals surface area contributed by atoms with Crippen molar-refractivity contribution in [2.75, 3.05) is 7.11 Å². The summed E-state index contributed by atoms with van der Waals surface area (Å²) in [5.74, 6) is 0.748. The zero-order valence-corrected chi connectivity index (χ0v) is 10.4. The van der Waals surface area contributed by atoms with Gasteiger partial charge in [0.15, 0.2) is 11.3 Å². The number of ether oxygens (including phenoxy) is 1. The average Bonchev–Trinajstić information content (AvgIpc) is 2.86. The lowest BCUT2D eigenvalue weighted by atomic mass is 10.1. The van der Waals surface area contributed by atoms with Crippen LogP contribution in [0.15, 0.2) is 53.1 Å². The summed E-state index contributed by atoms with van der Waals surface area (Å²) >= 11 is 0. The van der Waals surface area contributed by atoms with Crippen LogP contribution < -0.4 is 4.74 Å². The van der Waals surface area contributed by atoms with Crippen LogP contribution in [0, 0.1) is 0 Å². The molecule has 0 bridgehead atoms. The Morgan fingerprint density at radius 2 is 1.74 bits per heavy atom. The first-order valence-electron chi connectivity index (χ1n) is 6.11. The Balaban J connectivity index is 2.27. The molecule has 0 amide bonds. The number of pyridine rings is 1. The highest BCUT2D eigenvalue weighted by Crippen LogP contribution is 2.36. The molecule has 0 aliphatic heterocycles. The number of benzene rings is 2. The summed E-state index contributed by atoms with van der Waals surface area (Å²) in [5, 5.41) is 3.08. The van der Waals surface area contributed by atoms with Gasteiger partial charge in [0.05, 0.1) is 12.6 Å². The van der Waals surface area contributed by atoms with Crippen LogP contribution in [-0.2, 0) is 0 Å². The van der Waals surface area contributed by atoms with Crippen molar-refractivity contribution >= 4 is 32.8 Å². The molecule has 0 aliphatic rings. The molecule has 3 nitrogen and oxygen atoms in total. The van der Waals surface area contributed by atoms with Gasteiger partial charge < -0.3 is 9.15 Å². The van der Waals surface area contributed by atoms with E-state index in [-0.39, 0.29) is 0 Å². The average molecular weight is 249 g/mol. The van der Waals surface area contributed by atoms with Crippen molar-refractivity contribution in [3.8, 4) is 5.75 Å². The van der Waals surface area contributed by atoms with E-state index in [0.717, 1.165) is 38.6 Å². The molecule has 4 aromatic rings. The van der Waals surface area contributed by atoms with Gasteiger partial charge in [0.1, 0.15) is 5.58 Å². The fraction of sp³-hybridized carbons (Fsp3) is 0.0625. The van der Waals surface area contributed by atoms with Crippen molar-refractivity contribution in [3.05, 3.63) is 48.7 Å². The van der Waals surface area contributed by atoms with E-state index < -0.39 is 0 Å². The maximum atomic E-state index is 6.02. The zero-order chi connectivity index (χ0) is 12.8.